The molecule has 0 fully saturated rings. The van der Waals surface area contributed by atoms with Crippen LogP contribution in [-0.2, 0) is 11.3 Å². The summed E-state index contributed by atoms with van der Waals surface area (Å²) in [7, 11) is 0. The summed E-state index contributed by atoms with van der Waals surface area (Å²) in [5.74, 6) is 1.53. The zero-order valence-corrected chi connectivity index (χ0v) is 17.0. The van der Waals surface area contributed by atoms with E-state index in [1.807, 2.05) is 48.5 Å². The van der Waals surface area contributed by atoms with E-state index >= 15 is 0 Å². The summed E-state index contributed by atoms with van der Waals surface area (Å²) in [5.41, 5.74) is 4.52. The lowest BCUT2D eigenvalue weighted by Gasteiger charge is -2.09. The number of aromatic nitrogens is 2. The second-order valence-electron chi connectivity index (χ2n) is 7.35. The first-order chi connectivity index (χ1) is 14.6. The molecular formula is C24H23N3O3. The minimum atomic E-state index is -0.168. The van der Waals surface area contributed by atoms with Crippen molar-refractivity contribution in [3.05, 3.63) is 78.1 Å². The quantitative estimate of drug-likeness (QED) is 0.485. The van der Waals surface area contributed by atoms with Crippen molar-refractivity contribution in [2.45, 2.75) is 26.3 Å². The summed E-state index contributed by atoms with van der Waals surface area (Å²) in [6.45, 7) is 4.68. The van der Waals surface area contributed by atoms with Crippen molar-refractivity contribution < 1.29 is 13.9 Å². The van der Waals surface area contributed by atoms with Crippen LogP contribution in [0.25, 0.3) is 22.6 Å². The number of hydrogen-bond acceptors (Lipinski definition) is 5. The van der Waals surface area contributed by atoms with Crippen LogP contribution in [-0.4, -0.2) is 22.5 Å². The molecule has 6 heteroatoms. The lowest BCUT2D eigenvalue weighted by molar-refractivity contribution is -0.123. The lowest BCUT2D eigenvalue weighted by Crippen LogP contribution is -2.28. The van der Waals surface area contributed by atoms with Crippen LogP contribution in [0, 0.1) is 0 Å². The van der Waals surface area contributed by atoms with Gasteiger partial charge in [0, 0.05) is 24.4 Å². The summed E-state index contributed by atoms with van der Waals surface area (Å²) in [4.78, 5) is 20.6. The second-order valence-corrected chi connectivity index (χ2v) is 7.35. The van der Waals surface area contributed by atoms with Gasteiger partial charge in [0.2, 0.25) is 5.89 Å². The Kier molecular flexibility index (Phi) is 5.75. The number of carbonyl (C=O) groups is 1. The van der Waals surface area contributed by atoms with Gasteiger partial charge in [0.1, 0.15) is 11.3 Å². The summed E-state index contributed by atoms with van der Waals surface area (Å²) in [6, 6.07) is 17.3. The van der Waals surface area contributed by atoms with E-state index in [4.69, 9.17) is 9.15 Å². The molecule has 0 aliphatic heterocycles. The van der Waals surface area contributed by atoms with Crippen LogP contribution < -0.4 is 10.1 Å². The maximum Gasteiger partial charge on any atom is 0.258 e. The Morgan fingerprint density at radius 3 is 2.53 bits per heavy atom. The molecule has 2 heterocycles. The molecule has 6 nitrogen and oxygen atoms in total. The molecule has 0 atom stereocenters. The van der Waals surface area contributed by atoms with E-state index < -0.39 is 0 Å². The highest BCUT2D eigenvalue weighted by Gasteiger charge is 2.09. The lowest BCUT2D eigenvalue weighted by atomic mass is 10.0. The van der Waals surface area contributed by atoms with Gasteiger partial charge in [-0.15, -0.1) is 0 Å². The van der Waals surface area contributed by atoms with Gasteiger partial charge in [-0.25, -0.2) is 4.98 Å². The fourth-order valence-electron chi connectivity index (χ4n) is 3.02. The summed E-state index contributed by atoms with van der Waals surface area (Å²) >= 11 is 0. The molecule has 30 heavy (non-hydrogen) atoms. The Hall–Kier alpha value is -3.67. The number of hydrogen-bond donors (Lipinski definition) is 1. The van der Waals surface area contributed by atoms with Crippen molar-refractivity contribution in [3.63, 3.8) is 0 Å². The van der Waals surface area contributed by atoms with Gasteiger partial charge >= 0.3 is 0 Å². The highest BCUT2D eigenvalue weighted by Crippen LogP contribution is 2.23. The van der Waals surface area contributed by atoms with Crippen LogP contribution in [0.5, 0.6) is 5.75 Å². The van der Waals surface area contributed by atoms with Crippen molar-refractivity contribution >= 4 is 17.0 Å². The monoisotopic (exact) mass is 401 g/mol. The molecular weight excluding hydrogens is 378 g/mol. The smallest absolute Gasteiger partial charge is 0.258 e. The molecule has 152 valence electrons. The third kappa shape index (κ3) is 4.66. The number of oxazole rings is 1. The number of amides is 1. The number of ether oxygens (including phenoxy) is 1. The molecule has 0 saturated carbocycles. The van der Waals surface area contributed by atoms with Crippen LogP contribution >= 0.6 is 0 Å². The first kappa shape index (κ1) is 19.6. The molecule has 4 aromatic rings. The van der Waals surface area contributed by atoms with Gasteiger partial charge in [-0.3, -0.25) is 9.78 Å². The molecule has 0 radical (unpaired) electrons. The van der Waals surface area contributed by atoms with Gasteiger partial charge < -0.3 is 14.5 Å². The van der Waals surface area contributed by atoms with Gasteiger partial charge in [-0.1, -0.05) is 38.1 Å². The van der Waals surface area contributed by atoms with Gasteiger partial charge in [-0.05, 0) is 41.3 Å². The van der Waals surface area contributed by atoms with E-state index in [0.29, 0.717) is 29.7 Å². The Labute approximate surface area is 174 Å². The van der Waals surface area contributed by atoms with E-state index in [-0.39, 0.29) is 12.5 Å². The van der Waals surface area contributed by atoms with Crippen molar-refractivity contribution in [3.8, 4) is 17.2 Å². The van der Waals surface area contributed by atoms with E-state index in [2.05, 4.69) is 29.1 Å². The Morgan fingerprint density at radius 2 is 1.83 bits per heavy atom. The van der Waals surface area contributed by atoms with Crippen LogP contribution in [0.2, 0.25) is 0 Å². The fourth-order valence-corrected chi connectivity index (χ4v) is 3.02. The van der Waals surface area contributed by atoms with Crippen LogP contribution in [0.3, 0.4) is 0 Å². The molecule has 0 bridgehead atoms. The number of fused-ring (bicyclic) bond motifs is 1. The highest BCUT2D eigenvalue weighted by atomic mass is 16.5. The first-order valence-corrected chi connectivity index (χ1v) is 9.88. The SMILES string of the molecule is CC(C)c1ccc(OCC(=O)NCc2ccc(-c3nc4cnccc4o3)cc2)cc1. The minimum absolute atomic E-state index is 0.0178. The van der Waals surface area contributed by atoms with Crippen LogP contribution in [0.1, 0.15) is 30.9 Å². The van der Waals surface area contributed by atoms with Gasteiger partial charge in [0.25, 0.3) is 5.91 Å². The van der Waals surface area contributed by atoms with E-state index in [0.717, 1.165) is 16.6 Å². The van der Waals surface area contributed by atoms with Crippen molar-refractivity contribution in [1.82, 2.24) is 15.3 Å². The predicted octanol–water partition coefficient (Wildman–Crippen LogP) is 4.71. The van der Waals surface area contributed by atoms with E-state index in [1.54, 1.807) is 18.5 Å². The van der Waals surface area contributed by atoms with Gasteiger partial charge in [-0.2, -0.15) is 0 Å². The third-order valence-electron chi connectivity index (χ3n) is 4.80. The zero-order valence-electron chi connectivity index (χ0n) is 17.0. The standard InChI is InChI=1S/C24H23N3O3/c1-16(2)18-7-9-20(10-8-18)29-15-23(28)26-13-17-3-5-19(6-4-17)24-27-21-14-25-12-11-22(21)30-24/h3-12,14,16H,13,15H2,1-2H3,(H,26,28). The second kappa shape index (κ2) is 8.78. The van der Waals surface area contributed by atoms with Crippen molar-refractivity contribution in [2.24, 2.45) is 0 Å². The Balaban J connectivity index is 1.28. The highest BCUT2D eigenvalue weighted by molar-refractivity contribution is 5.77. The normalized spacial score (nSPS) is 11.0. The molecule has 0 unspecified atom stereocenters. The van der Waals surface area contributed by atoms with Crippen LogP contribution in [0.4, 0.5) is 0 Å². The topological polar surface area (TPSA) is 77.2 Å². The van der Waals surface area contributed by atoms with Crippen LogP contribution in [0.15, 0.2) is 71.4 Å². The largest absolute Gasteiger partial charge is 0.484 e. The average molecular weight is 401 g/mol. The Bertz CT molecular complexity index is 1100. The number of rotatable bonds is 7. The minimum Gasteiger partial charge on any atom is -0.484 e. The zero-order chi connectivity index (χ0) is 20.9. The molecule has 0 aliphatic rings. The van der Waals surface area contributed by atoms with Crippen molar-refractivity contribution in [2.75, 3.05) is 6.61 Å². The predicted molar refractivity (Wildman–Crippen MR) is 115 cm³/mol. The summed E-state index contributed by atoms with van der Waals surface area (Å²) in [6.07, 6.45) is 3.35. The number of nitrogens with zero attached hydrogens (tertiary/aromatic N) is 2. The van der Waals surface area contributed by atoms with Gasteiger partial charge in [0.15, 0.2) is 12.2 Å². The maximum atomic E-state index is 12.1. The van der Waals surface area contributed by atoms with Crippen molar-refractivity contribution in [1.29, 1.82) is 0 Å². The average Bonchev–Trinajstić information content (AvgIpc) is 3.21. The summed E-state index contributed by atoms with van der Waals surface area (Å²) in [5, 5.41) is 2.87. The molecule has 1 amide bonds. The van der Waals surface area contributed by atoms with E-state index in [1.165, 1.54) is 5.56 Å². The number of pyridine rings is 1. The molecule has 0 aliphatic carbocycles. The van der Waals surface area contributed by atoms with Gasteiger partial charge in [0.05, 0.1) is 6.20 Å². The molecule has 2 aromatic carbocycles. The molecule has 0 saturated heterocycles. The van der Waals surface area contributed by atoms with E-state index in [9.17, 15) is 4.79 Å². The number of nitrogens with one attached hydrogen (secondary N) is 1. The molecule has 1 N–H and O–H groups in total. The third-order valence-corrected chi connectivity index (χ3v) is 4.80. The Morgan fingerprint density at radius 1 is 1.07 bits per heavy atom. The summed E-state index contributed by atoms with van der Waals surface area (Å²) < 4.78 is 11.3. The fraction of sp³-hybridized carbons (Fsp3) is 0.208. The molecule has 2 aromatic heterocycles. The maximum absolute atomic E-state index is 12.1. The number of carbonyl (C=O) groups excluding carboxylic acids is 1. The molecule has 4 rings (SSSR count). The number of benzene rings is 2. The first-order valence-electron chi connectivity index (χ1n) is 9.88. The molecule has 0 spiro atoms.